The standard InChI is InChI=1S/C13H20N2O3S/c1-18-13-8-10(9-14)6-7-12(13)15-19(16,17)11-4-2-3-5-11/h6-8,11,15H,2-5,9,14H2,1H3. The molecule has 0 unspecified atom stereocenters. The number of hydrogen-bond acceptors (Lipinski definition) is 4. The summed E-state index contributed by atoms with van der Waals surface area (Å²) in [5, 5.41) is -0.286. The van der Waals surface area contributed by atoms with Crippen molar-refractivity contribution in [3.05, 3.63) is 23.8 Å². The fraction of sp³-hybridized carbons (Fsp3) is 0.538. The normalized spacial score (nSPS) is 16.5. The Kier molecular flexibility index (Phi) is 4.31. The summed E-state index contributed by atoms with van der Waals surface area (Å²) in [6.07, 6.45) is 3.43. The van der Waals surface area contributed by atoms with E-state index in [4.69, 9.17) is 10.5 Å². The van der Waals surface area contributed by atoms with Gasteiger partial charge in [-0.05, 0) is 30.5 Å². The minimum atomic E-state index is -3.33. The highest BCUT2D eigenvalue weighted by molar-refractivity contribution is 7.93. The number of nitrogens with one attached hydrogen (secondary N) is 1. The molecule has 106 valence electrons. The third-order valence-electron chi connectivity index (χ3n) is 3.49. The second-order valence-corrected chi connectivity index (χ2v) is 6.75. The second kappa shape index (κ2) is 5.79. The van der Waals surface area contributed by atoms with Gasteiger partial charge < -0.3 is 10.5 Å². The van der Waals surface area contributed by atoms with Crippen molar-refractivity contribution in [1.29, 1.82) is 0 Å². The summed E-state index contributed by atoms with van der Waals surface area (Å²) in [4.78, 5) is 0. The van der Waals surface area contributed by atoms with Crippen molar-refractivity contribution in [2.24, 2.45) is 5.73 Å². The van der Waals surface area contributed by atoms with Crippen LogP contribution in [0.5, 0.6) is 5.75 Å². The summed E-state index contributed by atoms with van der Waals surface area (Å²) in [6.45, 7) is 0.395. The number of anilines is 1. The molecule has 0 radical (unpaired) electrons. The third kappa shape index (κ3) is 3.19. The molecular formula is C13H20N2O3S. The molecule has 1 aromatic rings. The highest BCUT2D eigenvalue weighted by Gasteiger charge is 2.29. The fourth-order valence-corrected chi connectivity index (χ4v) is 3.98. The van der Waals surface area contributed by atoms with Gasteiger partial charge in [-0.25, -0.2) is 8.42 Å². The number of sulfonamides is 1. The van der Waals surface area contributed by atoms with E-state index in [2.05, 4.69) is 4.72 Å². The van der Waals surface area contributed by atoms with E-state index >= 15 is 0 Å². The van der Waals surface area contributed by atoms with Crippen LogP contribution in [0.15, 0.2) is 18.2 Å². The lowest BCUT2D eigenvalue weighted by molar-refractivity contribution is 0.416. The Balaban J connectivity index is 2.22. The van der Waals surface area contributed by atoms with E-state index in [0.29, 0.717) is 18.0 Å². The second-order valence-electron chi connectivity index (χ2n) is 4.79. The molecule has 6 heteroatoms. The van der Waals surface area contributed by atoms with Gasteiger partial charge in [-0.3, -0.25) is 4.72 Å². The molecule has 0 atom stereocenters. The Labute approximate surface area is 114 Å². The number of nitrogens with two attached hydrogens (primary N) is 1. The molecule has 0 spiro atoms. The third-order valence-corrected chi connectivity index (χ3v) is 5.35. The zero-order chi connectivity index (χ0) is 13.9. The molecule has 0 amide bonds. The average molecular weight is 284 g/mol. The van der Waals surface area contributed by atoms with Crippen molar-refractivity contribution in [2.45, 2.75) is 37.5 Å². The van der Waals surface area contributed by atoms with Gasteiger partial charge in [-0.1, -0.05) is 18.9 Å². The van der Waals surface area contributed by atoms with Crippen LogP contribution in [0.25, 0.3) is 0 Å². The Morgan fingerprint density at radius 1 is 1.37 bits per heavy atom. The molecule has 0 aliphatic heterocycles. The van der Waals surface area contributed by atoms with Crippen molar-refractivity contribution < 1.29 is 13.2 Å². The monoisotopic (exact) mass is 284 g/mol. The molecule has 1 fully saturated rings. The van der Waals surface area contributed by atoms with Gasteiger partial charge in [-0.15, -0.1) is 0 Å². The molecule has 19 heavy (non-hydrogen) atoms. The van der Waals surface area contributed by atoms with E-state index in [9.17, 15) is 8.42 Å². The summed E-state index contributed by atoms with van der Waals surface area (Å²) in [6, 6.07) is 5.26. The van der Waals surface area contributed by atoms with Gasteiger partial charge in [0.1, 0.15) is 5.75 Å². The summed E-state index contributed by atoms with van der Waals surface area (Å²) in [7, 11) is -1.81. The van der Waals surface area contributed by atoms with Crippen LogP contribution in [0.3, 0.4) is 0 Å². The highest BCUT2D eigenvalue weighted by atomic mass is 32.2. The Morgan fingerprint density at radius 3 is 2.63 bits per heavy atom. The first-order chi connectivity index (χ1) is 9.06. The SMILES string of the molecule is COc1cc(CN)ccc1NS(=O)(=O)C1CCCC1. The van der Waals surface area contributed by atoms with Crippen LogP contribution in [0.1, 0.15) is 31.2 Å². The van der Waals surface area contributed by atoms with Gasteiger partial charge in [0.25, 0.3) is 0 Å². The summed E-state index contributed by atoms with van der Waals surface area (Å²) >= 11 is 0. The van der Waals surface area contributed by atoms with Gasteiger partial charge in [0.05, 0.1) is 18.0 Å². The van der Waals surface area contributed by atoms with Crippen LogP contribution in [0.4, 0.5) is 5.69 Å². The molecule has 5 nitrogen and oxygen atoms in total. The molecule has 2 rings (SSSR count). The van der Waals surface area contributed by atoms with E-state index in [0.717, 1.165) is 31.2 Å². The summed E-state index contributed by atoms with van der Waals surface area (Å²) in [5.74, 6) is 0.504. The maximum Gasteiger partial charge on any atom is 0.235 e. The van der Waals surface area contributed by atoms with E-state index in [-0.39, 0.29) is 5.25 Å². The Hall–Kier alpha value is -1.27. The van der Waals surface area contributed by atoms with Gasteiger partial charge in [0, 0.05) is 6.54 Å². The summed E-state index contributed by atoms with van der Waals surface area (Å²) in [5.41, 5.74) is 6.94. The lowest BCUT2D eigenvalue weighted by atomic mass is 10.2. The molecule has 1 saturated carbocycles. The fourth-order valence-electron chi connectivity index (χ4n) is 2.38. The molecule has 1 aromatic carbocycles. The van der Waals surface area contributed by atoms with Crippen LogP contribution >= 0.6 is 0 Å². The van der Waals surface area contributed by atoms with E-state index < -0.39 is 10.0 Å². The van der Waals surface area contributed by atoms with Gasteiger partial charge in [-0.2, -0.15) is 0 Å². The van der Waals surface area contributed by atoms with Gasteiger partial charge in [0.15, 0.2) is 0 Å². The van der Waals surface area contributed by atoms with Crippen molar-refractivity contribution in [3.8, 4) is 5.75 Å². The molecule has 3 N–H and O–H groups in total. The van der Waals surface area contributed by atoms with Crippen molar-refractivity contribution in [3.63, 3.8) is 0 Å². The minimum Gasteiger partial charge on any atom is -0.495 e. The lowest BCUT2D eigenvalue weighted by Gasteiger charge is -2.16. The average Bonchev–Trinajstić information content (AvgIpc) is 2.93. The molecule has 0 heterocycles. The largest absolute Gasteiger partial charge is 0.495 e. The van der Waals surface area contributed by atoms with Crippen LogP contribution in [0.2, 0.25) is 0 Å². The van der Waals surface area contributed by atoms with Crippen molar-refractivity contribution in [1.82, 2.24) is 0 Å². The smallest absolute Gasteiger partial charge is 0.235 e. The lowest BCUT2D eigenvalue weighted by Crippen LogP contribution is -2.25. The first kappa shape index (κ1) is 14.1. The van der Waals surface area contributed by atoms with Crippen LogP contribution in [0, 0.1) is 0 Å². The number of hydrogen-bond donors (Lipinski definition) is 2. The van der Waals surface area contributed by atoms with Crippen LogP contribution < -0.4 is 15.2 Å². The van der Waals surface area contributed by atoms with Crippen molar-refractivity contribution >= 4 is 15.7 Å². The number of rotatable bonds is 5. The maximum atomic E-state index is 12.2. The molecule has 1 aliphatic rings. The summed E-state index contributed by atoms with van der Waals surface area (Å²) < 4.78 is 32.3. The zero-order valence-corrected chi connectivity index (χ0v) is 11.9. The topological polar surface area (TPSA) is 81.4 Å². The van der Waals surface area contributed by atoms with E-state index in [1.54, 1.807) is 18.2 Å². The Bertz CT molecular complexity index is 537. The van der Waals surface area contributed by atoms with Crippen LogP contribution in [-0.4, -0.2) is 20.8 Å². The molecule has 0 aromatic heterocycles. The first-order valence-corrected chi connectivity index (χ1v) is 8.00. The van der Waals surface area contributed by atoms with E-state index in [1.807, 2.05) is 0 Å². The molecule has 0 saturated heterocycles. The van der Waals surface area contributed by atoms with Crippen LogP contribution in [-0.2, 0) is 16.6 Å². The zero-order valence-electron chi connectivity index (χ0n) is 11.1. The quantitative estimate of drug-likeness (QED) is 0.864. The molecule has 1 aliphatic carbocycles. The Morgan fingerprint density at radius 2 is 2.05 bits per heavy atom. The predicted molar refractivity (Wildman–Crippen MR) is 75.7 cm³/mol. The maximum absolute atomic E-state index is 12.2. The number of benzene rings is 1. The van der Waals surface area contributed by atoms with Gasteiger partial charge in [0.2, 0.25) is 10.0 Å². The molecule has 0 bridgehead atoms. The van der Waals surface area contributed by atoms with Gasteiger partial charge >= 0.3 is 0 Å². The van der Waals surface area contributed by atoms with E-state index in [1.165, 1.54) is 7.11 Å². The highest BCUT2D eigenvalue weighted by Crippen LogP contribution is 2.30. The number of methoxy groups -OCH3 is 1. The molecular weight excluding hydrogens is 264 g/mol. The van der Waals surface area contributed by atoms with Crippen molar-refractivity contribution in [2.75, 3.05) is 11.8 Å². The number of ether oxygens (including phenoxy) is 1. The minimum absolute atomic E-state index is 0.286. The first-order valence-electron chi connectivity index (χ1n) is 6.45. The predicted octanol–water partition coefficient (Wildman–Crippen LogP) is 1.84.